The molecule has 0 saturated heterocycles. The molecule has 0 aromatic heterocycles. The first-order valence-corrected chi connectivity index (χ1v) is 28.6. The van der Waals surface area contributed by atoms with Gasteiger partial charge in [0.25, 0.3) is 0 Å². The Kier molecular flexibility index (Phi) is 46.0. The Balaban J connectivity index is 3.77. The van der Waals surface area contributed by atoms with E-state index >= 15 is 0 Å². The first-order valence-electron chi connectivity index (χ1n) is 27.2. The normalized spacial score (nSPS) is 14.5. The van der Waals surface area contributed by atoms with Crippen molar-refractivity contribution in [3.63, 3.8) is 0 Å². The van der Waals surface area contributed by atoms with E-state index in [9.17, 15) is 19.4 Å². The van der Waals surface area contributed by atoms with Crippen molar-refractivity contribution in [3.05, 3.63) is 60.8 Å². The van der Waals surface area contributed by atoms with Gasteiger partial charge in [-0.1, -0.05) is 235 Å². The van der Waals surface area contributed by atoms with Gasteiger partial charge >= 0.3 is 7.82 Å². The minimum atomic E-state index is -4.30. The van der Waals surface area contributed by atoms with Gasteiger partial charge in [-0.2, -0.15) is 0 Å². The molecule has 3 unspecified atom stereocenters. The van der Waals surface area contributed by atoms with E-state index in [4.69, 9.17) is 9.05 Å². The summed E-state index contributed by atoms with van der Waals surface area (Å²) in [5.41, 5.74) is 0. The predicted molar refractivity (Wildman–Crippen MR) is 281 cm³/mol. The number of carbonyl (C=O) groups is 1. The zero-order valence-electron chi connectivity index (χ0n) is 43.2. The zero-order chi connectivity index (χ0) is 47.8. The molecule has 0 aliphatic carbocycles. The highest BCUT2D eigenvalue weighted by atomic mass is 31.2. The molecule has 0 aromatic rings. The molecule has 0 spiro atoms. The maximum absolute atomic E-state index is 12.8. The zero-order valence-corrected chi connectivity index (χ0v) is 44.1. The van der Waals surface area contributed by atoms with E-state index < -0.39 is 20.0 Å². The van der Waals surface area contributed by atoms with E-state index in [1.165, 1.54) is 141 Å². The Hall–Kier alpha value is -1.80. The number of hydrogen-bond donors (Lipinski definition) is 3. The number of rotatable bonds is 49. The minimum absolute atomic E-state index is 0.0743. The second kappa shape index (κ2) is 47.3. The van der Waals surface area contributed by atoms with Crippen LogP contribution >= 0.6 is 7.82 Å². The number of likely N-dealkylation sites (N-methyl/N-ethyl adjacent to an activating group) is 1. The number of phosphoric ester groups is 1. The maximum Gasteiger partial charge on any atom is 0.472 e. The van der Waals surface area contributed by atoms with Crippen molar-refractivity contribution in [2.24, 2.45) is 0 Å². The van der Waals surface area contributed by atoms with Crippen molar-refractivity contribution in [3.8, 4) is 0 Å². The second-order valence-electron chi connectivity index (χ2n) is 19.6. The van der Waals surface area contributed by atoms with E-state index in [1.54, 1.807) is 0 Å². The molecule has 8 nitrogen and oxygen atoms in total. The van der Waals surface area contributed by atoms with Crippen molar-refractivity contribution in [2.75, 3.05) is 40.9 Å². The van der Waals surface area contributed by atoms with Crippen LogP contribution in [0.5, 0.6) is 0 Å². The molecule has 9 heteroatoms. The van der Waals surface area contributed by atoms with Crippen LogP contribution in [0.1, 0.15) is 239 Å². The van der Waals surface area contributed by atoms with Crippen LogP contribution in [0.15, 0.2) is 60.8 Å². The average Bonchev–Trinajstić information content (AvgIpc) is 3.26. The molecule has 0 rings (SSSR count). The first kappa shape index (κ1) is 63.2. The summed E-state index contributed by atoms with van der Waals surface area (Å²) in [6.45, 7) is 4.71. The molecule has 65 heavy (non-hydrogen) atoms. The molecule has 3 N–H and O–H groups in total. The number of aliphatic hydroxyl groups is 1. The number of unbranched alkanes of at least 4 members (excludes halogenated alkanes) is 26. The molecule has 0 radical (unpaired) electrons. The molecule has 380 valence electrons. The summed E-state index contributed by atoms with van der Waals surface area (Å²) in [4.78, 5) is 23.1. The number of quaternary nitrogens is 1. The fourth-order valence-electron chi connectivity index (χ4n) is 7.78. The summed E-state index contributed by atoms with van der Waals surface area (Å²) < 4.78 is 23.5. The third-order valence-electron chi connectivity index (χ3n) is 12.0. The molecule has 0 bridgehead atoms. The molecule has 0 fully saturated rings. The summed E-state index contributed by atoms with van der Waals surface area (Å²) in [6, 6.07) is -0.756. The van der Waals surface area contributed by atoms with Gasteiger partial charge in [0, 0.05) is 6.42 Å². The van der Waals surface area contributed by atoms with Gasteiger partial charge in [-0.3, -0.25) is 13.8 Å². The number of carbonyl (C=O) groups excluding carboxylic acids is 1. The third kappa shape index (κ3) is 49.9. The molecule has 3 atom stereocenters. The molecular formula is C56H106N2O6P+. The van der Waals surface area contributed by atoms with Gasteiger partial charge in [-0.05, 0) is 57.8 Å². The quantitative estimate of drug-likeness (QED) is 0.0243. The molecule has 0 aliphatic heterocycles. The molecular weight excluding hydrogens is 828 g/mol. The van der Waals surface area contributed by atoms with Crippen molar-refractivity contribution in [1.82, 2.24) is 5.32 Å². The van der Waals surface area contributed by atoms with Crippen molar-refractivity contribution in [1.29, 1.82) is 0 Å². The highest BCUT2D eigenvalue weighted by Gasteiger charge is 2.28. The van der Waals surface area contributed by atoms with Crippen LogP contribution in [0, 0.1) is 0 Å². The summed E-state index contributed by atoms with van der Waals surface area (Å²) in [6.07, 6.45) is 63.3. The predicted octanol–water partition coefficient (Wildman–Crippen LogP) is 16.1. The Labute approximate surface area is 402 Å². The SMILES string of the molecule is CC/C=C\C/C=C\C/C=C\C/C=C\C/C=C\CCCCCCCCCCCCCCCCCCCCCCCC(=O)NC(COP(=O)(O)OCC[N+](C)(C)C)C(O)CCCCCCCC. The van der Waals surface area contributed by atoms with Crippen LogP contribution in [0.25, 0.3) is 0 Å². The highest BCUT2D eigenvalue weighted by Crippen LogP contribution is 2.43. The smallest absolute Gasteiger partial charge is 0.391 e. The molecule has 0 saturated carbocycles. The van der Waals surface area contributed by atoms with Crippen molar-refractivity contribution >= 4 is 13.7 Å². The number of amides is 1. The first-order chi connectivity index (χ1) is 31.5. The lowest BCUT2D eigenvalue weighted by atomic mass is 10.0. The fraction of sp³-hybridized carbons (Fsp3) is 0.804. The molecule has 0 heterocycles. The third-order valence-corrected chi connectivity index (χ3v) is 13.0. The number of hydrogen-bond acceptors (Lipinski definition) is 5. The van der Waals surface area contributed by atoms with E-state index in [1.807, 2.05) is 21.1 Å². The average molecular weight is 934 g/mol. The summed E-state index contributed by atoms with van der Waals surface area (Å²) in [7, 11) is 1.61. The number of nitrogens with one attached hydrogen (secondary N) is 1. The Morgan fingerprint density at radius 3 is 1.35 bits per heavy atom. The van der Waals surface area contributed by atoms with Gasteiger partial charge in [-0.25, -0.2) is 4.57 Å². The van der Waals surface area contributed by atoms with Crippen LogP contribution in [0.4, 0.5) is 0 Å². The number of phosphoric acid groups is 1. The standard InChI is InChI=1S/C56H105N2O6P/c1-6-8-10-12-14-15-16-17-18-19-20-21-22-23-24-25-26-27-28-29-30-31-32-33-34-35-36-37-38-39-40-41-42-43-44-46-48-50-56(60)57-54(55(59)49-47-45-13-11-9-7-2)53-64-65(61,62)63-52-51-58(3,4)5/h8,10,14-15,17-18,20-21,23-24,54-55,59H,6-7,9,11-13,16,19,22,25-53H2,1-5H3,(H-,57,60,61,62)/p+1/b10-8-,15-14-,18-17-,21-20-,24-23-. The van der Waals surface area contributed by atoms with Gasteiger partial charge in [-0.15, -0.1) is 0 Å². The molecule has 1 amide bonds. The van der Waals surface area contributed by atoms with E-state index in [0.29, 0.717) is 23.9 Å². The van der Waals surface area contributed by atoms with Gasteiger partial charge in [0.15, 0.2) is 0 Å². The lowest BCUT2D eigenvalue weighted by Crippen LogP contribution is -2.46. The van der Waals surface area contributed by atoms with Crippen LogP contribution in [0.2, 0.25) is 0 Å². The Morgan fingerprint density at radius 1 is 0.538 bits per heavy atom. The van der Waals surface area contributed by atoms with Gasteiger partial charge in [0.2, 0.25) is 5.91 Å². The summed E-state index contributed by atoms with van der Waals surface area (Å²) >= 11 is 0. The van der Waals surface area contributed by atoms with E-state index in [2.05, 4.69) is 79.9 Å². The Bertz CT molecular complexity index is 1240. The van der Waals surface area contributed by atoms with Gasteiger partial charge < -0.3 is 19.8 Å². The topological polar surface area (TPSA) is 105 Å². The van der Waals surface area contributed by atoms with Crippen molar-refractivity contribution in [2.45, 2.75) is 251 Å². The highest BCUT2D eigenvalue weighted by molar-refractivity contribution is 7.47. The largest absolute Gasteiger partial charge is 0.472 e. The lowest BCUT2D eigenvalue weighted by Gasteiger charge is -2.26. The monoisotopic (exact) mass is 934 g/mol. The van der Waals surface area contributed by atoms with Crippen LogP contribution < -0.4 is 5.32 Å². The Morgan fingerprint density at radius 2 is 0.923 bits per heavy atom. The van der Waals surface area contributed by atoms with E-state index in [0.717, 1.165) is 70.6 Å². The van der Waals surface area contributed by atoms with Crippen LogP contribution in [-0.2, 0) is 18.4 Å². The number of nitrogens with zero attached hydrogens (tertiary/aromatic N) is 1. The lowest BCUT2D eigenvalue weighted by molar-refractivity contribution is -0.870. The van der Waals surface area contributed by atoms with Gasteiger partial charge in [0.1, 0.15) is 13.2 Å². The molecule has 0 aromatic carbocycles. The van der Waals surface area contributed by atoms with Crippen LogP contribution in [0.3, 0.4) is 0 Å². The van der Waals surface area contributed by atoms with Crippen LogP contribution in [-0.4, -0.2) is 73.4 Å². The summed E-state index contributed by atoms with van der Waals surface area (Å²) in [5, 5.41) is 13.8. The maximum atomic E-state index is 12.8. The van der Waals surface area contributed by atoms with Gasteiger partial charge in [0.05, 0.1) is 39.9 Å². The number of allylic oxidation sites excluding steroid dienone is 10. The van der Waals surface area contributed by atoms with Crippen molar-refractivity contribution < 1.29 is 32.9 Å². The van der Waals surface area contributed by atoms with E-state index in [-0.39, 0.29) is 19.1 Å². The fourth-order valence-corrected chi connectivity index (χ4v) is 8.52. The number of aliphatic hydroxyl groups excluding tert-OH is 1. The second-order valence-corrected chi connectivity index (χ2v) is 21.0. The molecule has 0 aliphatic rings. The summed E-state index contributed by atoms with van der Waals surface area (Å²) in [5.74, 6) is -0.148. The minimum Gasteiger partial charge on any atom is -0.391 e.